The molecule has 2 aromatic rings. The van der Waals surface area contributed by atoms with Gasteiger partial charge in [0.05, 0.1) is 5.52 Å². The first-order valence-electron chi connectivity index (χ1n) is 3.81. The van der Waals surface area contributed by atoms with Crippen molar-refractivity contribution in [2.45, 2.75) is 0 Å². The van der Waals surface area contributed by atoms with Crippen LogP contribution in [0.5, 0.6) is 0 Å². The number of para-hydroxylation sites is 1. The van der Waals surface area contributed by atoms with Gasteiger partial charge in [-0.2, -0.15) is 0 Å². The van der Waals surface area contributed by atoms with Gasteiger partial charge in [0.15, 0.2) is 0 Å². The van der Waals surface area contributed by atoms with Gasteiger partial charge in [0.25, 0.3) is 0 Å². The Morgan fingerprint density at radius 3 is 2.57 bits per heavy atom. The average Bonchev–Trinajstić information content (AvgIpc) is 2.19. The maximum atomic E-state index is 10.7. The normalized spacial score (nSPS) is 9.00. The van der Waals surface area contributed by atoms with E-state index in [9.17, 15) is 4.79 Å². The first-order valence-corrected chi connectivity index (χ1v) is 3.81. The molecule has 0 unspecified atom stereocenters. The maximum Gasteiger partial charge on any atom is 0.432 e. The number of rotatable bonds is 0. The Hall–Kier alpha value is -1.73. The van der Waals surface area contributed by atoms with Crippen LogP contribution in [0.2, 0.25) is 0 Å². The van der Waals surface area contributed by atoms with Crippen LogP contribution in [0.3, 0.4) is 0 Å². The number of nitrogens with one attached hydrogen (secondary N) is 1. The van der Waals surface area contributed by atoms with Crippen molar-refractivity contribution in [1.29, 1.82) is 0 Å². The fourth-order valence-corrected chi connectivity index (χ4v) is 0.906. The minimum Gasteiger partial charge on any atom is -0.430 e. The highest BCUT2D eigenvalue weighted by atomic mass is 16.4. The Morgan fingerprint density at radius 2 is 1.86 bits per heavy atom. The molecule has 0 amide bonds. The Balaban J connectivity index is 0.000000293. The summed E-state index contributed by atoms with van der Waals surface area (Å²) in [6.07, 6.45) is 0. The number of hydrogen-bond acceptors (Lipinski definition) is 5. The van der Waals surface area contributed by atoms with Gasteiger partial charge in [0.2, 0.25) is 0 Å². The van der Waals surface area contributed by atoms with Crippen LogP contribution in [-0.4, -0.2) is 32.9 Å². The summed E-state index contributed by atoms with van der Waals surface area (Å²) in [4.78, 5) is 13.2. The highest BCUT2D eigenvalue weighted by Gasteiger charge is 1.92. The van der Waals surface area contributed by atoms with E-state index in [0.29, 0.717) is 11.0 Å². The fraction of sp³-hybridized carbons (Fsp3) is 0. The summed E-state index contributed by atoms with van der Waals surface area (Å²) in [7, 11) is -0.750. The van der Waals surface area contributed by atoms with Gasteiger partial charge >= 0.3 is 13.4 Å². The molecule has 14 heavy (non-hydrogen) atoms. The molecule has 3 N–H and O–H groups in total. The number of aromatic nitrogens is 3. The molecule has 0 aliphatic rings. The molecular formula is C7H8BN3O3. The molecule has 0 spiro atoms. The predicted octanol–water partition coefficient (Wildman–Crippen LogP) is -1.44. The SMILES string of the molecule is O=c1nnc2ccccc2[nH]1.OBO. The monoisotopic (exact) mass is 193 g/mol. The molecule has 7 heteroatoms. The van der Waals surface area contributed by atoms with Crippen molar-refractivity contribution in [1.82, 2.24) is 15.2 Å². The van der Waals surface area contributed by atoms with Crippen molar-refractivity contribution in [2.24, 2.45) is 0 Å². The van der Waals surface area contributed by atoms with E-state index < -0.39 is 13.4 Å². The number of fused-ring (bicyclic) bond motifs is 1. The molecule has 0 radical (unpaired) electrons. The molecule has 1 aromatic carbocycles. The third kappa shape index (κ3) is 2.65. The van der Waals surface area contributed by atoms with Crippen molar-refractivity contribution < 1.29 is 10.0 Å². The molecule has 2 rings (SSSR count). The minimum atomic E-state index is -0.750. The minimum absolute atomic E-state index is 0.413. The molecule has 0 aliphatic carbocycles. The van der Waals surface area contributed by atoms with Crippen molar-refractivity contribution in [3.05, 3.63) is 34.7 Å². The Morgan fingerprint density at radius 1 is 1.21 bits per heavy atom. The zero-order valence-corrected chi connectivity index (χ0v) is 7.21. The van der Waals surface area contributed by atoms with Crippen LogP contribution in [0, 0.1) is 0 Å². The van der Waals surface area contributed by atoms with Gasteiger partial charge < -0.3 is 15.0 Å². The smallest absolute Gasteiger partial charge is 0.430 e. The van der Waals surface area contributed by atoms with E-state index in [1.807, 2.05) is 12.1 Å². The van der Waals surface area contributed by atoms with Crippen LogP contribution in [0.15, 0.2) is 29.1 Å². The van der Waals surface area contributed by atoms with Gasteiger partial charge in [0, 0.05) is 0 Å². The van der Waals surface area contributed by atoms with E-state index in [-0.39, 0.29) is 0 Å². The van der Waals surface area contributed by atoms with Gasteiger partial charge in [-0.05, 0) is 12.1 Å². The van der Waals surface area contributed by atoms with Crippen molar-refractivity contribution in [3.63, 3.8) is 0 Å². The lowest BCUT2D eigenvalue weighted by Gasteiger charge is -1.90. The summed E-state index contributed by atoms with van der Waals surface area (Å²) < 4.78 is 0. The Bertz CT molecular complexity index is 459. The van der Waals surface area contributed by atoms with Crippen LogP contribution in [0.4, 0.5) is 0 Å². The molecule has 0 saturated carbocycles. The Labute approximate surface area is 79.6 Å². The standard InChI is InChI=1S/C7H5N3O.BH3O2/c11-7-8-5-3-1-2-4-6(5)9-10-7;2-1-3/h1-4H,(H,8,10,11);1-3H. The van der Waals surface area contributed by atoms with Crippen molar-refractivity contribution in [3.8, 4) is 0 Å². The molecule has 6 nitrogen and oxygen atoms in total. The van der Waals surface area contributed by atoms with E-state index >= 15 is 0 Å². The second-order valence-corrected chi connectivity index (χ2v) is 2.29. The summed E-state index contributed by atoms with van der Waals surface area (Å²) in [5.74, 6) is 0. The van der Waals surface area contributed by atoms with E-state index in [1.54, 1.807) is 12.1 Å². The number of benzene rings is 1. The third-order valence-corrected chi connectivity index (χ3v) is 1.39. The summed E-state index contributed by atoms with van der Waals surface area (Å²) >= 11 is 0. The highest BCUT2D eigenvalue weighted by molar-refractivity contribution is 6.13. The molecule has 72 valence electrons. The molecule has 1 aromatic heterocycles. The van der Waals surface area contributed by atoms with Crippen molar-refractivity contribution >= 4 is 18.7 Å². The summed E-state index contributed by atoms with van der Waals surface area (Å²) in [5.41, 5.74) is 1.00. The fourth-order valence-electron chi connectivity index (χ4n) is 0.906. The molecule has 1 heterocycles. The van der Waals surface area contributed by atoms with E-state index in [1.165, 1.54) is 0 Å². The molecular weight excluding hydrogens is 185 g/mol. The van der Waals surface area contributed by atoms with Crippen LogP contribution >= 0.6 is 0 Å². The topological polar surface area (TPSA) is 99.1 Å². The van der Waals surface area contributed by atoms with Gasteiger partial charge in [-0.25, -0.2) is 4.79 Å². The van der Waals surface area contributed by atoms with Gasteiger partial charge in [-0.15, -0.1) is 5.10 Å². The second kappa shape index (κ2) is 5.10. The number of nitrogens with zero attached hydrogens (tertiary/aromatic N) is 2. The average molecular weight is 193 g/mol. The third-order valence-electron chi connectivity index (χ3n) is 1.39. The van der Waals surface area contributed by atoms with Gasteiger partial charge in [-0.3, -0.25) is 0 Å². The van der Waals surface area contributed by atoms with Crippen molar-refractivity contribution in [2.75, 3.05) is 0 Å². The number of aromatic amines is 1. The lowest BCUT2D eigenvalue weighted by Crippen LogP contribution is -2.11. The Kier molecular flexibility index (Phi) is 3.77. The quantitative estimate of drug-likeness (QED) is 0.444. The van der Waals surface area contributed by atoms with E-state index in [2.05, 4.69) is 15.2 Å². The first kappa shape index (κ1) is 10.4. The zero-order chi connectivity index (χ0) is 10.4. The van der Waals surface area contributed by atoms with Gasteiger partial charge in [-0.1, -0.05) is 17.2 Å². The summed E-state index contributed by atoms with van der Waals surface area (Å²) in [5, 5.41) is 21.3. The van der Waals surface area contributed by atoms with Gasteiger partial charge in [0.1, 0.15) is 5.52 Å². The highest BCUT2D eigenvalue weighted by Crippen LogP contribution is 2.02. The summed E-state index contributed by atoms with van der Waals surface area (Å²) in [6, 6.07) is 7.25. The lowest BCUT2D eigenvalue weighted by molar-refractivity contribution is 0.448. The molecule has 0 aliphatic heterocycles. The second-order valence-electron chi connectivity index (χ2n) is 2.29. The zero-order valence-electron chi connectivity index (χ0n) is 7.21. The van der Waals surface area contributed by atoms with Crippen LogP contribution < -0.4 is 5.69 Å². The lowest BCUT2D eigenvalue weighted by atomic mass is 10.3. The number of H-pyrrole nitrogens is 1. The van der Waals surface area contributed by atoms with Crippen LogP contribution in [0.1, 0.15) is 0 Å². The molecule has 0 atom stereocenters. The first-order chi connectivity index (χ1) is 6.77. The number of hydrogen-bond donors (Lipinski definition) is 3. The maximum absolute atomic E-state index is 10.7. The summed E-state index contributed by atoms with van der Waals surface area (Å²) in [6.45, 7) is 0. The molecule has 0 bridgehead atoms. The predicted molar refractivity (Wildman–Crippen MR) is 51.7 cm³/mol. The van der Waals surface area contributed by atoms with E-state index in [4.69, 9.17) is 10.0 Å². The van der Waals surface area contributed by atoms with Crippen LogP contribution in [-0.2, 0) is 0 Å². The van der Waals surface area contributed by atoms with Crippen LogP contribution in [0.25, 0.3) is 11.0 Å². The molecule has 0 saturated heterocycles. The largest absolute Gasteiger partial charge is 0.432 e. The molecule has 0 fully saturated rings. The van der Waals surface area contributed by atoms with E-state index in [0.717, 1.165) is 0 Å².